The van der Waals surface area contributed by atoms with E-state index in [1.807, 2.05) is 12.1 Å². The van der Waals surface area contributed by atoms with Gasteiger partial charge >= 0.3 is 0 Å². The second-order valence-corrected chi connectivity index (χ2v) is 5.11. The molecule has 1 aliphatic rings. The first-order chi connectivity index (χ1) is 10.3. The molecule has 1 saturated heterocycles. The molecule has 0 amide bonds. The summed E-state index contributed by atoms with van der Waals surface area (Å²) in [5.41, 5.74) is 3.42. The van der Waals surface area contributed by atoms with Crippen LogP contribution in [0.3, 0.4) is 0 Å². The van der Waals surface area contributed by atoms with Crippen LogP contribution in [0, 0.1) is 5.82 Å². The Kier molecular flexibility index (Phi) is 4.18. The van der Waals surface area contributed by atoms with E-state index in [0.717, 1.165) is 37.4 Å². The zero-order valence-corrected chi connectivity index (χ0v) is 11.8. The summed E-state index contributed by atoms with van der Waals surface area (Å²) in [4.78, 5) is 2.29. The van der Waals surface area contributed by atoms with Crippen molar-refractivity contribution in [3.63, 3.8) is 0 Å². The van der Waals surface area contributed by atoms with Crippen LogP contribution >= 0.6 is 0 Å². The Morgan fingerprint density at radius 2 is 1.67 bits per heavy atom. The van der Waals surface area contributed by atoms with Gasteiger partial charge in [0.1, 0.15) is 5.82 Å². The van der Waals surface area contributed by atoms with Gasteiger partial charge in [-0.1, -0.05) is 18.2 Å². The first kappa shape index (κ1) is 14.0. The van der Waals surface area contributed by atoms with E-state index in [4.69, 9.17) is 9.84 Å². The Hall–Kier alpha value is -1.91. The van der Waals surface area contributed by atoms with Crippen molar-refractivity contribution in [3.8, 4) is 11.1 Å². The molecule has 0 spiro atoms. The summed E-state index contributed by atoms with van der Waals surface area (Å²) in [6, 6.07) is 13.0. The third-order valence-corrected chi connectivity index (χ3v) is 3.79. The highest BCUT2D eigenvalue weighted by Crippen LogP contribution is 2.25. The number of morpholine rings is 1. The van der Waals surface area contributed by atoms with Crippen LogP contribution in [0.1, 0.15) is 5.56 Å². The third-order valence-electron chi connectivity index (χ3n) is 3.79. The summed E-state index contributed by atoms with van der Waals surface area (Å²) in [5.74, 6) is -0.369. The summed E-state index contributed by atoms with van der Waals surface area (Å²) in [6.45, 7) is 3.06. The zero-order chi connectivity index (χ0) is 14.7. The summed E-state index contributed by atoms with van der Waals surface area (Å²) in [5, 5.41) is 9.15. The van der Waals surface area contributed by atoms with E-state index < -0.39 is 0 Å². The normalized spacial score (nSPS) is 15.2. The fourth-order valence-corrected chi connectivity index (χ4v) is 2.56. The van der Waals surface area contributed by atoms with Crippen molar-refractivity contribution in [1.29, 1.82) is 0 Å². The van der Waals surface area contributed by atoms with Crippen LogP contribution in [0.4, 0.5) is 10.1 Å². The molecule has 0 bridgehead atoms. The molecule has 0 saturated carbocycles. The first-order valence-corrected chi connectivity index (χ1v) is 7.10. The van der Waals surface area contributed by atoms with Crippen LogP contribution in [0.5, 0.6) is 0 Å². The van der Waals surface area contributed by atoms with Gasteiger partial charge in [-0.05, 0) is 35.4 Å². The summed E-state index contributed by atoms with van der Waals surface area (Å²) < 4.78 is 18.8. The van der Waals surface area contributed by atoms with Crippen molar-refractivity contribution in [2.75, 3.05) is 31.2 Å². The van der Waals surface area contributed by atoms with Gasteiger partial charge in [-0.15, -0.1) is 0 Å². The Labute approximate surface area is 123 Å². The third kappa shape index (κ3) is 3.06. The summed E-state index contributed by atoms with van der Waals surface area (Å²) in [6.07, 6.45) is 0. The van der Waals surface area contributed by atoms with Gasteiger partial charge in [0.2, 0.25) is 0 Å². The molecule has 110 valence electrons. The fourth-order valence-electron chi connectivity index (χ4n) is 2.56. The van der Waals surface area contributed by atoms with Gasteiger partial charge in [0, 0.05) is 24.3 Å². The molecule has 0 unspecified atom stereocenters. The second kappa shape index (κ2) is 6.24. The zero-order valence-electron chi connectivity index (χ0n) is 11.8. The van der Waals surface area contributed by atoms with E-state index in [-0.39, 0.29) is 12.4 Å². The number of aliphatic hydroxyl groups is 1. The topological polar surface area (TPSA) is 32.7 Å². The van der Waals surface area contributed by atoms with Crippen molar-refractivity contribution in [1.82, 2.24) is 0 Å². The molecular formula is C17H18FNO2. The number of hydrogen-bond acceptors (Lipinski definition) is 3. The molecule has 1 aliphatic heterocycles. The number of rotatable bonds is 3. The molecule has 3 nitrogen and oxygen atoms in total. The Bertz CT molecular complexity index is 607. The lowest BCUT2D eigenvalue weighted by Gasteiger charge is -2.28. The number of aliphatic hydroxyl groups excluding tert-OH is 1. The minimum Gasteiger partial charge on any atom is -0.392 e. The van der Waals surface area contributed by atoms with Crippen LogP contribution in [-0.2, 0) is 11.3 Å². The van der Waals surface area contributed by atoms with E-state index in [2.05, 4.69) is 17.0 Å². The van der Waals surface area contributed by atoms with E-state index in [9.17, 15) is 4.39 Å². The molecule has 2 aromatic carbocycles. The lowest BCUT2D eigenvalue weighted by atomic mass is 10.0. The minimum atomic E-state index is -0.369. The van der Waals surface area contributed by atoms with Crippen LogP contribution in [0.2, 0.25) is 0 Å². The molecule has 0 atom stereocenters. The van der Waals surface area contributed by atoms with Gasteiger partial charge in [-0.2, -0.15) is 0 Å². The molecule has 3 rings (SSSR count). The maximum Gasteiger partial charge on any atom is 0.128 e. The molecular weight excluding hydrogens is 269 g/mol. The van der Waals surface area contributed by atoms with Gasteiger partial charge in [0.05, 0.1) is 19.8 Å². The summed E-state index contributed by atoms with van der Waals surface area (Å²) >= 11 is 0. The van der Waals surface area contributed by atoms with E-state index >= 15 is 0 Å². The number of benzene rings is 2. The van der Waals surface area contributed by atoms with Gasteiger partial charge in [0.25, 0.3) is 0 Å². The number of halogens is 1. The lowest BCUT2D eigenvalue weighted by Crippen LogP contribution is -2.36. The highest BCUT2D eigenvalue weighted by molar-refractivity contribution is 5.67. The van der Waals surface area contributed by atoms with Gasteiger partial charge in [0.15, 0.2) is 0 Å². The van der Waals surface area contributed by atoms with E-state index in [0.29, 0.717) is 5.56 Å². The number of anilines is 1. The molecule has 4 heteroatoms. The Morgan fingerprint density at radius 3 is 2.33 bits per heavy atom. The molecule has 21 heavy (non-hydrogen) atoms. The molecule has 0 aromatic heterocycles. The highest BCUT2D eigenvalue weighted by atomic mass is 19.1. The fraction of sp³-hybridized carbons (Fsp3) is 0.294. The van der Waals surface area contributed by atoms with Crippen LogP contribution in [0.25, 0.3) is 11.1 Å². The average Bonchev–Trinajstić information content (AvgIpc) is 2.56. The number of ether oxygens (including phenoxy) is 1. The van der Waals surface area contributed by atoms with Crippen molar-refractivity contribution < 1.29 is 14.2 Å². The van der Waals surface area contributed by atoms with E-state index in [1.165, 1.54) is 11.8 Å². The van der Waals surface area contributed by atoms with E-state index in [1.54, 1.807) is 12.1 Å². The number of hydrogen-bond donors (Lipinski definition) is 1. The van der Waals surface area contributed by atoms with Crippen molar-refractivity contribution in [2.24, 2.45) is 0 Å². The van der Waals surface area contributed by atoms with Crippen LogP contribution in [-0.4, -0.2) is 31.4 Å². The summed E-state index contributed by atoms with van der Waals surface area (Å²) in [7, 11) is 0. The van der Waals surface area contributed by atoms with Crippen LogP contribution < -0.4 is 4.90 Å². The van der Waals surface area contributed by atoms with Crippen molar-refractivity contribution in [3.05, 3.63) is 53.8 Å². The maximum atomic E-state index is 13.4. The minimum absolute atomic E-state index is 0.286. The maximum absolute atomic E-state index is 13.4. The lowest BCUT2D eigenvalue weighted by molar-refractivity contribution is 0.122. The first-order valence-electron chi connectivity index (χ1n) is 7.10. The Balaban J connectivity index is 1.83. The molecule has 1 fully saturated rings. The molecule has 1 heterocycles. The monoisotopic (exact) mass is 287 g/mol. The quantitative estimate of drug-likeness (QED) is 0.942. The van der Waals surface area contributed by atoms with Gasteiger partial charge < -0.3 is 14.7 Å². The van der Waals surface area contributed by atoms with Crippen molar-refractivity contribution >= 4 is 5.69 Å². The molecule has 2 aromatic rings. The molecule has 1 N–H and O–H groups in total. The average molecular weight is 287 g/mol. The second-order valence-electron chi connectivity index (χ2n) is 5.11. The number of nitrogens with zero attached hydrogens (tertiary/aromatic N) is 1. The largest absolute Gasteiger partial charge is 0.392 e. The smallest absolute Gasteiger partial charge is 0.128 e. The molecule has 0 radical (unpaired) electrons. The van der Waals surface area contributed by atoms with Gasteiger partial charge in [-0.3, -0.25) is 0 Å². The molecule has 0 aliphatic carbocycles. The van der Waals surface area contributed by atoms with Crippen LogP contribution in [0.15, 0.2) is 42.5 Å². The highest BCUT2D eigenvalue weighted by Gasteiger charge is 2.11. The predicted octanol–water partition coefficient (Wildman–Crippen LogP) is 2.82. The van der Waals surface area contributed by atoms with Crippen molar-refractivity contribution in [2.45, 2.75) is 6.61 Å². The SMILES string of the molecule is OCc1cc(-c2ccc(N3CCOCC3)cc2)ccc1F. The van der Waals surface area contributed by atoms with Gasteiger partial charge in [-0.25, -0.2) is 4.39 Å². The Morgan fingerprint density at radius 1 is 1.00 bits per heavy atom. The predicted molar refractivity (Wildman–Crippen MR) is 80.8 cm³/mol. The standard InChI is InChI=1S/C17H18FNO2/c18-17-6-3-14(11-15(17)12-20)13-1-4-16(5-2-13)19-7-9-21-10-8-19/h1-6,11,20H,7-10,12H2.